The van der Waals surface area contributed by atoms with E-state index in [2.05, 4.69) is 0 Å². The summed E-state index contributed by atoms with van der Waals surface area (Å²) in [6.07, 6.45) is 1.55. The van der Waals surface area contributed by atoms with Gasteiger partial charge in [-0.3, -0.25) is 4.79 Å². The monoisotopic (exact) mass is 168 g/mol. The van der Waals surface area contributed by atoms with Gasteiger partial charge in [0.15, 0.2) is 5.76 Å². The number of Topliss-reactive ketones (excluding diaryl/α,β-unsaturated/α-hetero) is 1. The van der Waals surface area contributed by atoms with Crippen LogP contribution in [0.15, 0.2) is 22.8 Å². The second-order valence-corrected chi connectivity index (χ2v) is 2.76. The third-order valence-electron chi connectivity index (χ3n) is 1.34. The molecule has 12 heavy (non-hydrogen) atoms. The fourth-order valence-electron chi connectivity index (χ4n) is 0.751. The zero-order valence-corrected chi connectivity index (χ0v) is 7.24. The summed E-state index contributed by atoms with van der Waals surface area (Å²) in [5.74, 6) is 0.240. The van der Waals surface area contributed by atoms with Crippen molar-refractivity contribution in [2.45, 2.75) is 20.0 Å². The Hall–Kier alpha value is -1.09. The lowest BCUT2D eigenvalue weighted by Crippen LogP contribution is -2.12. The highest BCUT2D eigenvalue weighted by Gasteiger charge is 2.08. The molecule has 1 heterocycles. The Morgan fingerprint density at radius 3 is 2.92 bits per heavy atom. The van der Waals surface area contributed by atoms with Crippen LogP contribution in [0.1, 0.15) is 24.4 Å². The van der Waals surface area contributed by atoms with Crippen molar-refractivity contribution in [3.63, 3.8) is 0 Å². The van der Waals surface area contributed by atoms with Crippen molar-refractivity contribution in [3.05, 3.63) is 24.2 Å². The van der Waals surface area contributed by atoms with Gasteiger partial charge in [-0.25, -0.2) is 0 Å². The largest absolute Gasteiger partial charge is 0.461 e. The molecule has 0 saturated heterocycles. The van der Waals surface area contributed by atoms with E-state index in [9.17, 15) is 4.79 Å². The molecule has 0 aliphatic carbocycles. The molecular weight excluding hydrogens is 156 g/mol. The van der Waals surface area contributed by atoms with Crippen molar-refractivity contribution in [3.8, 4) is 0 Å². The molecule has 3 nitrogen and oxygen atoms in total. The van der Waals surface area contributed by atoms with Crippen LogP contribution in [0, 0.1) is 0 Å². The van der Waals surface area contributed by atoms with Crippen LogP contribution in [0.5, 0.6) is 0 Å². The quantitative estimate of drug-likeness (QED) is 0.644. The highest BCUT2D eigenvalue weighted by atomic mass is 16.5. The number of carbonyl (C=O) groups excluding carboxylic acids is 1. The molecule has 0 unspecified atom stereocenters. The summed E-state index contributed by atoms with van der Waals surface area (Å²) in [6.45, 7) is 3.86. The third kappa shape index (κ3) is 2.51. The minimum atomic E-state index is -0.117. The number of rotatable bonds is 4. The van der Waals surface area contributed by atoms with Gasteiger partial charge in [0, 0.05) is 0 Å². The first-order chi connectivity index (χ1) is 5.70. The molecule has 3 heteroatoms. The van der Waals surface area contributed by atoms with Crippen LogP contribution in [-0.2, 0) is 4.74 Å². The Bertz CT molecular complexity index is 236. The van der Waals surface area contributed by atoms with Crippen LogP contribution >= 0.6 is 0 Å². The molecule has 0 N–H and O–H groups in total. The Morgan fingerprint density at radius 1 is 1.67 bits per heavy atom. The van der Waals surface area contributed by atoms with Gasteiger partial charge in [0.2, 0.25) is 5.78 Å². The van der Waals surface area contributed by atoms with Gasteiger partial charge in [-0.05, 0) is 26.0 Å². The molecule has 0 radical (unpaired) electrons. The Balaban J connectivity index is 2.40. The molecule has 0 aliphatic heterocycles. The van der Waals surface area contributed by atoms with Crippen LogP contribution < -0.4 is 0 Å². The fourth-order valence-corrected chi connectivity index (χ4v) is 0.751. The first-order valence-corrected chi connectivity index (χ1v) is 3.88. The average Bonchev–Trinajstić information content (AvgIpc) is 2.51. The van der Waals surface area contributed by atoms with Crippen LogP contribution in [0.3, 0.4) is 0 Å². The van der Waals surface area contributed by atoms with Crippen LogP contribution in [-0.4, -0.2) is 18.5 Å². The predicted molar refractivity (Wildman–Crippen MR) is 44.1 cm³/mol. The van der Waals surface area contributed by atoms with Crippen molar-refractivity contribution in [2.75, 3.05) is 6.61 Å². The topological polar surface area (TPSA) is 39.4 Å². The maximum Gasteiger partial charge on any atom is 0.223 e. The Kier molecular flexibility index (Phi) is 3.05. The molecule has 0 aromatic carbocycles. The van der Waals surface area contributed by atoms with E-state index in [0.717, 1.165) is 0 Å². The Labute approximate surface area is 71.3 Å². The maximum absolute atomic E-state index is 11.2. The smallest absolute Gasteiger partial charge is 0.223 e. The van der Waals surface area contributed by atoms with Gasteiger partial charge >= 0.3 is 0 Å². The van der Waals surface area contributed by atoms with Gasteiger partial charge in [-0.2, -0.15) is 0 Å². The van der Waals surface area contributed by atoms with Crippen molar-refractivity contribution >= 4 is 5.78 Å². The summed E-state index contributed by atoms with van der Waals surface area (Å²) < 4.78 is 10.0. The molecule has 1 aromatic rings. The molecule has 0 bridgehead atoms. The molecule has 0 saturated carbocycles. The second-order valence-electron chi connectivity index (χ2n) is 2.76. The predicted octanol–water partition coefficient (Wildman–Crippen LogP) is 1.89. The normalized spacial score (nSPS) is 10.6. The van der Waals surface area contributed by atoms with E-state index in [4.69, 9.17) is 9.15 Å². The summed E-state index contributed by atoms with van der Waals surface area (Å²) in [5, 5.41) is 0. The zero-order chi connectivity index (χ0) is 8.97. The van der Waals surface area contributed by atoms with Gasteiger partial charge in [0.1, 0.15) is 6.61 Å². The summed E-state index contributed by atoms with van der Waals surface area (Å²) in [6, 6.07) is 3.31. The van der Waals surface area contributed by atoms with Gasteiger partial charge < -0.3 is 9.15 Å². The number of furan rings is 1. The number of ketones is 1. The lowest BCUT2D eigenvalue weighted by atomic mass is 10.3. The van der Waals surface area contributed by atoms with E-state index in [0.29, 0.717) is 5.76 Å². The second kappa shape index (κ2) is 4.07. The summed E-state index contributed by atoms with van der Waals surface area (Å²) in [5.41, 5.74) is 0. The standard InChI is InChI=1S/C9H12O3/c1-7(2)12-6-8(10)9-4-3-5-11-9/h3-5,7H,6H2,1-2H3. The zero-order valence-electron chi connectivity index (χ0n) is 7.24. The van der Waals surface area contributed by atoms with Crippen molar-refractivity contribution in [1.29, 1.82) is 0 Å². The highest BCUT2D eigenvalue weighted by molar-refractivity contribution is 5.94. The lowest BCUT2D eigenvalue weighted by molar-refractivity contribution is 0.0562. The van der Waals surface area contributed by atoms with Crippen LogP contribution in [0.4, 0.5) is 0 Å². The number of hydrogen-bond acceptors (Lipinski definition) is 3. The van der Waals surface area contributed by atoms with Gasteiger partial charge in [-0.1, -0.05) is 0 Å². The van der Waals surface area contributed by atoms with Gasteiger partial charge in [0.25, 0.3) is 0 Å². The van der Waals surface area contributed by atoms with E-state index < -0.39 is 0 Å². The molecule has 0 spiro atoms. The molecule has 0 fully saturated rings. The lowest BCUT2D eigenvalue weighted by Gasteiger charge is -2.04. The Morgan fingerprint density at radius 2 is 2.42 bits per heavy atom. The summed E-state index contributed by atoms with van der Waals surface area (Å²) in [7, 11) is 0. The summed E-state index contributed by atoms with van der Waals surface area (Å²) >= 11 is 0. The fraction of sp³-hybridized carbons (Fsp3) is 0.444. The SMILES string of the molecule is CC(C)OCC(=O)c1ccco1. The minimum Gasteiger partial charge on any atom is -0.461 e. The van der Waals surface area contributed by atoms with E-state index in [1.807, 2.05) is 13.8 Å². The van der Waals surface area contributed by atoms with Crippen LogP contribution in [0.25, 0.3) is 0 Å². The van der Waals surface area contributed by atoms with E-state index in [-0.39, 0.29) is 18.5 Å². The first kappa shape index (κ1) is 9.00. The number of hydrogen-bond donors (Lipinski definition) is 0. The van der Waals surface area contributed by atoms with Crippen molar-refractivity contribution in [2.24, 2.45) is 0 Å². The van der Waals surface area contributed by atoms with Gasteiger partial charge in [-0.15, -0.1) is 0 Å². The molecule has 0 amide bonds. The molecule has 1 rings (SSSR count). The van der Waals surface area contributed by atoms with E-state index in [1.165, 1.54) is 6.26 Å². The van der Waals surface area contributed by atoms with Crippen LogP contribution in [0.2, 0.25) is 0 Å². The molecule has 1 aromatic heterocycles. The number of ether oxygens (including phenoxy) is 1. The van der Waals surface area contributed by atoms with E-state index >= 15 is 0 Å². The number of carbonyl (C=O) groups is 1. The summed E-state index contributed by atoms with van der Waals surface area (Å²) in [4.78, 5) is 11.2. The molecule has 66 valence electrons. The molecule has 0 atom stereocenters. The highest BCUT2D eigenvalue weighted by Crippen LogP contribution is 2.02. The minimum absolute atomic E-state index is 0.0731. The van der Waals surface area contributed by atoms with Crippen molar-refractivity contribution < 1.29 is 13.9 Å². The van der Waals surface area contributed by atoms with Gasteiger partial charge in [0.05, 0.1) is 12.4 Å². The molecular formula is C9H12O3. The molecule has 0 aliphatic rings. The maximum atomic E-state index is 11.2. The average molecular weight is 168 g/mol. The van der Waals surface area contributed by atoms with Crippen molar-refractivity contribution in [1.82, 2.24) is 0 Å². The first-order valence-electron chi connectivity index (χ1n) is 3.88. The van der Waals surface area contributed by atoms with E-state index in [1.54, 1.807) is 12.1 Å². The third-order valence-corrected chi connectivity index (χ3v) is 1.34.